The number of carbonyl (C=O) groups is 1. The molecule has 4 nitrogen and oxygen atoms in total. The fourth-order valence-electron chi connectivity index (χ4n) is 3.04. The molecule has 0 spiro atoms. The topological polar surface area (TPSA) is 61.4 Å². The number of carbonyl (C=O) groups excluding carboxylic acids is 1. The Hall–Kier alpha value is -1.10. The van der Waals surface area contributed by atoms with E-state index in [1.807, 2.05) is 12.1 Å². The second-order valence-corrected chi connectivity index (χ2v) is 6.43. The lowest BCUT2D eigenvalue weighted by atomic mass is 9.77. The van der Waals surface area contributed by atoms with Gasteiger partial charge < -0.3 is 15.7 Å². The smallest absolute Gasteiger partial charge is 0.238 e. The molecule has 3 N–H and O–H groups in total. The molecular formula is C16H23ClN2O2. The van der Waals surface area contributed by atoms with Crippen LogP contribution in [0.2, 0.25) is 5.02 Å². The first-order valence-electron chi connectivity index (χ1n) is 7.45. The molecular weight excluding hydrogens is 288 g/mol. The number of halogens is 1. The Kier molecular flexibility index (Phi) is 5.62. The molecule has 1 amide bonds. The molecule has 0 radical (unpaired) electrons. The van der Waals surface area contributed by atoms with Gasteiger partial charge in [0.2, 0.25) is 5.91 Å². The van der Waals surface area contributed by atoms with Gasteiger partial charge in [0, 0.05) is 5.54 Å². The Morgan fingerprint density at radius 3 is 2.90 bits per heavy atom. The Balaban J connectivity index is 1.89. The summed E-state index contributed by atoms with van der Waals surface area (Å²) in [4.78, 5) is 12.0. The molecule has 1 fully saturated rings. The van der Waals surface area contributed by atoms with Crippen molar-refractivity contribution in [2.24, 2.45) is 5.92 Å². The standard InChI is InChI=1S/C16H23ClN2O2/c1-12-5-4-8-16(9-12,11-20)18-10-15(21)19-14-7-3-2-6-13(14)17/h2-3,6-7,12,18,20H,4-5,8-11H2,1H3,(H,19,21). The maximum absolute atomic E-state index is 12.0. The number of anilines is 1. The molecule has 0 aliphatic heterocycles. The molecule has 1 aromatic rings. The highest BCUT2D eigenvalue weighted by Crippen LogP contribution is 2.31. The summed E-state index contributed by atoms with van der Waals surface area (Å²) < 4.78 is 0. The Morgan fingerprint density at radius 2 is 2.24 bits per heavy atom. The Labute approximate surface area is 130 Å². The van der Waals surface area contributed by atoms with E-state index >= 15 is 0 Å². The van der Waals surface area contributed by atoms with Gasteiger partial charge in [0.05, 0.1) is 23.9 Å². The molecule has 1 saturated carbocycles. The van der Waals surface area contributed by atoms with Crippen LogP contribution in [-0.4, -0.2) is 29.7 Å². The fraction of sp³-hybridized carbons (Fsp3) is 0.562. The van der Waals surface area contributed by atoms with Crippen LogP contribution in [0.5, 0.6) is 0 Å². The van der Waals surface area contributed by atoms with Crippen molar-refractivity contribution in [3.05, 3.63) is 29.3 Å². The number of rotatable bonds is 5. The zero-order valence-corrected chi connectivity index (χ0v) is 13.1. The van der Waals surface area contributed by atoms with E-state index in [-0.39, 0.29) is 24.6 Å². The van der Waals surface area contributed by atoms with Crippen molar-refractivity contribution in [3.8, 4) is 0 Å². The van der Waals surface area contributed by atoms with Crippen LogP contribution in [-0.2, 0) is 4.79 Å². The van der Waals surface area contributed by atoms with Gasteiger partial charge in [-0.2, -0.15) is 0 Å². The molecule has 1 aliphatic rings. The third kappa shape index (κ3) is 4.43. The lowest BCUT2D eigenvalue weighted by molar-refractivity contribution is -0.116. The summed E-state index contributed by atoms with van der Waals surface area (Å²) in [7, 11) is 0. The van der Waals surface area contributed by atoms with Crippen LogP contribution in [0, 0.1) is 5.92 Å². The zero-order valence-electron chi connectivity index (χ0n) is 12.4. The van der Waals surface area contributed by atoms with E-state index in [0.717, 1.165) is 19.3 Å². The van der Waals surface area contributed by atoms with Crippen molar-refractivity contribution in [2.45, 2.75) is 38.1 Å². The lowest BCUT2D eigenvalue weighted by Crippen LogP contribution is -2.53. The number of amides is 1. The summed E-state index contributed by atoms with van der Waals surface area (Å²) in [6, 6.07) is 7.15. The van der Waals surface area contributed by atoms with Crippen LogP contribution in [0.25, 0.3) is 0 Å². The van der Waals surface area contributed by atoms with E-state index in [9.17, 15) is 9.90 Å². The van der Waals surface area contributed by atoms with Gasteiger partial charge in [-0.05, 0) is 30.9 Å². The summed E-state index contributed by atoms with van der Waals surface area (Å²) in [5.74, 6) is 0.430. The first-order valence-corrected chi connectivity index (χ1v) is 7.83. The third-order valence-electron chi connectivity index (χ3n) is 4.17. The first-order chi connectivity index (χ1) is 10.0. The van der Waals surface area contributed by atoms with Crippen LogP contribution in [0.3, 0.4) is 0 Å². The van der Waals surface area contributed by atoms with Crippen LogP contribution in [0.15, 0.2) is 24.3 Å². The zero-order chi connectivity index (χ0) is 15.3. The van der Waals surface area contributed by atoms with Crippen molar-refractivity contribution < 1.29 is 9.90 Å². The second kappa shape index (κ2) is 7.25. The number of hydrogen-bond acceptors (Lipinski definition) is 3. The number of hydrogen-bond donors (Lipinski definition) is 3. The molecule has 116 valence electrons. The van der Waals surface area contributed by atoms with Gasteiger partial charge in [-0.25, -0.2) is 0 Å². The number of benzene rings is 1. The molecule has 0 aromatic heterocycles. The Bertz CT molecular complexity index is 495. The van der Waals surface area contributed by atoms with E-state index < -0.39 is 0 Å². The number of nitrogens with one attached hydrogen (secondary N) is 2. The van der Waals surface area contributed by atoms with E-state index in [1.165, 1.54) is 6.42 Å². The number of aliphatic hydroxyl groups excluding tert-OH is 1. The van der Waals surface area contributed by atoms with E-state index in [1.54, 1.807) is 12.1 Å². The summed E-state index contributed by atoms with van der Waals surface area (Å²) >= 11 is 6.02. The minimum atomic E-state index is -0.324. The largest absolute Gasteiger partial charge is 0.394 e. The molecule has 1 aliphatic carbocycles. The van der Waals surface area contributed by atoms with E-state index in [2.05, 4.69) is 17.6 Å². The Morgan fingerprint density at radius 1 is 1.48 bits per heavy atom. The molecule has 21 heavy (non-hydrogen) atoms. The van der Waals surface area contributed by atoms with E-state index in [0.29, 0.717) is 16.6 Å². The van der Waals surface area contributed by atoms with Crippen molar-refractivity contribution in [2.75, 3.05) is 18.5 Å². The van der Waals surface area contributed by atoms with Crippen molar-refractivity contribution in [1.29, 1.82) is 0 Å². The van der Waals surface area contributed by atoms with Gasteiger partial charge in [0.15, 0.2) is 0 Å². The molecule has 2 atom stereocenters. The molecule has 0 heterocycles. The van der Waals surface area contributed by atoms with Crippen molar-refractivity contribution in [3.63, 3.8) is 0 Å². The highest BCUT2D eigenvalue weighted by molar-refractivity contribution is 6.33. The molecule has 1 aromatic carbocycles. The summed E-state index contributed by atoms with van der Waals surface area (Å²) in [5.41, 5.74) is 0.288. The minimum absolute atomic E-state index is 0.0662. The number of aliphatic hydroxyl groups is 1. The van der Waals surface area contributed by atoms with Gasteiger partial charge in [-0.3, -0.25) is 4.79 Å². The summed E-state index contributed by atoms with van der Waals surface area (Å²) in [6.45, 7) is 2.43. The van der Waals surface area contributed by atoms with Crippen LogP contribution >= 0.6 is 11.6 Å². The van der Waals surface area contributed by atoms with Gasteiger partial charge in [-0.15, -0.1) is 0 Å². The second-order valence-electron chi connectivity index (χ2n) is 6.02. The van der Waals surface area contributed by atoms with Gasteiger partial charge in [-0.1, -0.05) is 43.5 Å². The quantitative estimate of drug-likeness (QED) is 0.783. The van der Waals surface area contributed by atoms with Gasteiger partial charge in [0.25, 0.3) is 0 Å². The van der Waals surface area contributed by atoms with E-state index in [4.69, 9.17) is 11.6 Å². The number of para-hydroxylation sites is 1. The highest BCUT2D eigenvalue weighted by Gasteiger charge is 2.34. The lowest BCUT2D eigenvalue weighted by Gasteiger charge is -2.39. The normalized spacial score (nSPS) is 25.6. The molecule has 2 rings (SSSR count). The van der Waals surface area contributed by atoms with Crippen LogP contribution in [0.1, 0.15) is 32.6 Å². The summed E-state index contributed by atoms with van der Waals surface area (Å²) in [6.07, 6.45) is 4.09. The third-order valence-corrected chi connectivity index (χ3v) is 4.50. The first kappa shape index (κ1) is 16.3. The SMILES string of the molecule is CC1CCCC(CO)(NCC(=O)Nc2ccccc2Cl)C1. The minimum Gasteiger partial charge on any atom is -0.394 e. The van der Waals surface area contributed by atoms with Crippen molar-refractivity contribution in [1.82, 2.24) is 5.32 Å². The predicted molar refractivity (Wildman–Crippen MR) is 85.5 cm³/mol. The predicted octanol–water partition coefficient (Wildman–Crippen LogP) is 2.81. The molecule has 5 heteroatoms. The van der Waals surface area contributed by atoms with Crippen molar-refractivity contribution >= 4 is 23.2 Å². The monoisotopic (exact) mass is 310 g/mol. The average molecular weight is 311 g/mol. The van der Waals surface area contributed by atoms with Crippen LogP contribution < -0.4 is 10.6 Å². The maximum Gasteiger partial charge on any atom is 0.238 e. The fourth-order valence-corrected chi connectivity index (χ4v) is 3.23. The maximum atomic E-state index is 12.0. The van der Waals surface area contributed by atoms with Crippen LogP contribution in [0.4, 0.5) is 5.69 Å². The summed E-state index contributed by atoms with van der Waals surface area (Å²) in [5, 5.41) is 16.2. The van der Waals surface area contributed by atoms with Gasteiger partial charge in [0.1, 0.15) is 0 Å². The molecule has 0 saturated heterocycles. The highest BCUT2D eigenvalue weighted by atomic mass is 35.5. The molecule has 0 bridgehead atoms. The van der Waals surface area contributed by atoms with Gasteiger partial charge >= 0.3 is 0 Å². The molecule has 2 unspecified atom stereocenters. The average Bonchev–Trinajstić information content (AvgIpc) is 2.48.